The Hall–Kier alpha value is -1.88. The number of rotatable bonds is 6. The Morgan fingerprint density at radius 3 is 2.68 bits per heavy atom. The molecule has 5 nitrogen and oxygen atoms in total. The second kappa shape index (κ2) is 6.08. The first-order chi connectivity index (χ1) is 10.6. The third-order valence-electron chi connectivity index (χ3n) is 4.41. The molecule has 0 heterocycles. The molecule has 2 aliphatic carbocycles. The van der Waals surface area contributed by atoms with Crippen molar-refractivity contribution in [1.82, 2.24) is 4.90 Å². The van der Waals surface area contributed by atoms with Crippen LogP contribution >= 0.6 is 0 Å². The Labute approximate surface area is 130 Å². The average molecular weight is 302 g/mol. The molecule has 2 fully saturated rings. The Morgan fingerprint density at radius 2 is 2.09 bits per heavy atom. The summed E-state index contributed by atoms with van der Waals surface area (Å²) in [5, 5.41) is 12.0. The highest BCUT2D eigenvalue weighted by Gasteiger charge is 2.39. The summed E-state index contributed by atoms with van der Waals surface area (Å²) in [5.74, 6) is 0.524. The third-order valence-corrected chi connectivity index (χ3v) is 4.41. The van der Waals surface area contributed by atoms with Gasteiger partial charge in [-0.2, -0.15) is 0 Å². The molecule has 3 rings (SSSR count). The first-order valence-electron chi connectivity index (χ1n) is 7.93. The largest absolute Gasteiger partial charge is 0.395 e. The van der Waals surface area contributed by atoms with Gasteiger partial charge in [-0.25, -0.2) is 0 Å². The number of benzene rings is 1. The molecule has 2 atom stereocenters. The van der Waals surface area contributed by atoms with Crippen LogP contribution in [-0.2, 0) is 4.79 Å². The van der Waals surface area contributed by atoms with E-state index in [-0.39, 0.29) is 30.4 Å². The fourth-order valence-corrected chi connectivity index (χ4v) is 2.76. The van der Waals surface area contributed by atoms with Crippen molar-refractivity contribution >= 4 is 17.5 Å². The van der Waals surface area contributed by atoms with E-state index in [2.05, 4.69) is 12.2 Å². The van der Waals surface area contributed by atoms with Gasteiger partial charge < -0.3 is 15.3 Å². The van der Waals surface area contributed by atoms with Crippen molar-refractivity contribution in [3.05, 3.63) is 29.8 Å². The summed E-state index contributed by atoms with van der Waals surface area (Å²) in [5.41, 5.74) is 1.22. The van der Waals surface area contributed by atoms with Gasteiger partial charge in [0.1, 0.15) is 0 Å². The molecule has 1 aromatic carbocycles. The molecule has 0 bridgehead atoms. The van der Waals surface area contributed by atoms with Crippen LogP contribution in [0.5, 0.6) is 0 Å². The number of hydrogen-bond donors (Lipinski definition) is 2. The van der Waals surface area contributed by atoms with Crippen LogP contribution in [0.25, 0.3) is 0 Å². The number of nitrogens with one attached hydrogen (secondary N) is 1. The summed E-state index contributed by atoms with van der Waals surface area (Å²) < 4.78 is 0. The zero-order chi connectivity index (χ0) is 15.7. The van der Waals surface area contributed by atoms with Gasteiger partial charge in [-0.05, 0) is 43.4 Å². The molecule has 1 aromatic rings. The number of amides is 2. The van der Waals surface area contributed by atoms with Crippen molar-refractivity contribution in [3.63, 3.8) is 0 Å². The Kier molecular flexibility index (Phi) is 4.16. The van der Waals surface area contributed by atoms with Gasteiger partial charge in [-0.15, -0.1) is 0 Å². The van der Waals surface area contributed by atoms with Crippen LogP contribution in [0.2, 0.25) is 0 Å². The van der Waals surface area contributed by atoms with E-state index >= 15 is 0 Å². The summed E-state index contributed by atoms with van der Waals surface area (Å²) in [6.45, 7) is 2.39. The van der Waals surface area contributed by atoms with Crippen LogP contribution in [-0.4, -0.2) is 41.0 Å². The topological polar surface area (TPSA) is 69.6 Å². The maximum Gasteiger partial charge on any atom is 0.254 e. The van der Waals surface area contributed by atoms with Crippen molar-refractivity contribution in [1.29, 1.82) is 0 Å². The van der Waals surface area contributed by atoms with Gasteiger partial charge in [0.05, 0.1) is 6.61 Å². The van der Waals surface area contributed by atoms with E-state index in [0.29, 0.717) is 23.7 Å². The van der Waals surface area contributed by atoms with Crippen LogP contribution < -0.4 is 5.32 Å². The van der Waals surface area contributed by atoms with Crippen LogP contribution in [0, 0.1) is 11.8 Å². The van der Waals surface area contributed by atoms with Gasteiger partial charge in [-0.1, -0.05) is 13.0 Å². The smallest absolute Gasteiger partial charge is 0.254 e. The minimum Gasteiger partial charge on any atom is -0.395 e. The number of carbonyl (C=O) groups excluding carboxylic acids is 2. The minimum absolute atomic E-state index is 0.0295. The second-order valence-corrected chi connectivity index (χ2v) is 6.34. The maximum atomic E-state index is 12.6. The Morgan fingerprint density at radius 1 is 1.36 bits per heavy atom. The fraction of sp³-hybridized carbons (Fsp3) is 0.529. The molecule has 2 saturated carbocycles. The zero-order valence-corrected chi connectivity index (χ0v) is 12.8. The summed E-state index contributed by atoms with van der Waals surface area (Å²) >= 11 is 0. The highest BCUT2D eigenvalue weighted by Crippen LogP contribution is 2.38. The van der Waals surface area contributed by atoms with E-state index < -0.39 is 0 Å². The number of carbonyl (C=O) groups is 2. The van der Waals surface area contributed by atoms with Crippen LogP contribution in [0.1, 0.15) is 36.5 Å². The predicted octanol–water partition coefficient (Wildman–Crippen LogP) is 1.88. The fourth-order valence-electron chi connectivity index (χ4n) is 2.76. The summed E-state index contributed by atoms with van der Waals surface area (Å²) in [4.78, 5) is 26.3. The highest BCUT2D eigenvalue weighted by molar-refractivity contribution is 5.98. The Bertz CT molecular complexity index is 583. The zero-order valence-electron chi connectivity index (χ0n) is 12.8. The quantitative estimate of drug-likeness (QED) is 0.843. The average Bonchev–Trinajstić information content (AvgIpc) is 3.40. The van der Waals surface area contributed by atoms with Crippen molar-refractivity contribution < 1.29 is 14.7 Å². The number of anilines is 1. The Balaban J connectivity index is 1.69. The molecule has 2 unspecified atom stereocenters. The van der Waals surface area contributed by atoms with E-state index in [0.717, 1.165) is 19.3 Å². The normalized spacial score (nSPS) is 23.0. The van der Waals surface area contributed by atoms with Crippen LogP contribution in [0.15, 0.2) is 24.3 Å². The van der Waals surface area contributed by atoms with Crippen LogP contribution in [0.4, 0.5) is 5.69 Å². The maximum absolute atomic E-state index is 12.6. The summed E-state index contributed by atoms with van der Waals surface area (Å²) in [6, 6.07) is 7.31. The number of nitrogens with zero attached hydrogens (tertiary/aromatic N) is 1. The highest BCUT2D eigenvalue weighted by atomic mass is 16.3. The molecule has 0 radical (unpaired) electrons. The lowest BCUT2D eigenvalue weighted by Crippen LogP contribution is -2.35. The first-order valence-corrected chi connectivity index (χ1v) is 7.93. The molecular formula is C17H22N2O3. The van der Waals surface area contributed by atoms with Crippen molar-refractivity contribution in [2.45, 2.75) is 32.2 Å². The SMILES string of the molecule is CC1CC1C(=O)Nc1cccc(C(=O)N(CCO)C2CC2)c1. The van der Waals surface area contributed by atoms with E-state index in [9.17, 15) is 9.59 Å². The van der Waals surface area contributed by atoms with Gasteiger partial charge in [0.25, 0.3) is 5.91 Å². The van der Waals surface area contributed by atoms with E-state index in [1.54, 1.807) is 29.2 Å². The second-order valence-electron chi connectivity index (χ2n) is 6.34. The monoisotopic (exact) mass is 302 g/mol. The van der Waals surface area contributed by atoms with Crippen molar-refractivity contribution in [2.75, 3.05) is 18.5 Å². The van der Waals surface area contributed by atoms with Crippen LogP contribution in [0.3, 0.4) is 0 Å². The number of aliphatic hydroxyl groups excluding tert-OH is 1. The number of hydrogen-bond acceptors (Lipinski definition) is 3. The van der Waals surface area contributed by atoms with Crippen molar-refractivity contribution in [2.24, 2.45) is 11.8 Å². The molecule has 22 heavy (non-hydrogen) atoms. The van der Waals surface area contributed by atoms with Gasteiger partial charge in [0, 0.05) is 29.8 Å². The molecule has 118 valence electrons. The van der Waals surface area contributed by atoms with E-state index in [4.69, 9.17) is 5.11 Å². The summed E-state index contributed by atoms with van der Waals surface area (Å²) in [7, 11) is 0. The molecule has 2 aliphatic rings. The molecule has 0 aromatic heterocycles. The number of aliphatic hydroxyl groups is 1. The molecular weight excluding hydrogens is 280 g/mol. The van der Waals surface area contributed by atoms with Gasteiger partial charge in [0.2, 0.25) is 5.91 Å². The minimum atomic E-state index is -0.0764. The van der Waals surface area contributed by atoms with Crippen molar-refractivity contribution in [3.8, 4) is 0 Å². The molecule has 2 N–H and O–H groups in total. The summed E-state index contributed by atoms with van der Waals surface area (Å²) in [6.07, 6.45) is 2.94. The van der Waals surface area contributed by atoms with Gasteiger partial charge >= 0.3 is 0 Å². The van der Waals surface area contributed by atoms with Gasteiger partial charge in [0.15, 0.2) is 0 Å². The molecule has 2 amide bonds. The lowest BCUT2D eigenvalue weighted by Gasteiger charge is -2.21. The molecule has 0 spiro atoms. The first kappa shape index (κ1) is 15.0. The standard InChI is InChI=1S/C17H22N2O3/c1-11-9-15(11)16(21)18-13-4-2-3-12(10-13)17(22)19(7-8-20)14-5-6-14/h2-4,10-11,14-15,20H,5-9H2,1H3,(H,18,21). The molecule has 0 aliphatic heterocycles. The molecule has 0 saturated heterocycles. The van der Waals surface area contributed by atoms with E-state index in [1.807, 2.05) is 0 Å². The lowest BCUT2D eigenvalue weighted by atomic mass is 10.1. The van der Waals surface area contributed by atoms with E-state index in [1.165, 1.54) is 0 Å². The third kappa shape index (κ3) is 3.30. The lowest BCUT2D eigenvalue weighted by molar-refractivity contribution is -0.117. The van der Waals surface area contributed by atoms with Gasteiger partial charge in [-0.3, -0.25) is 9.59 Å². The predicted molar refractivity (Wildman–Crippen MR) is 83.5 cm³/mol. The molecule has 5 heteroatoms.